The molecule has 0 aromatic heterocycles. The second-order valence-electron chi connectivity index (χ2n) is 6.11. The van der Waals surface area contributed by atoms with Crippen LogP contribution in [0.1, 0.15) is 71.1 Å². The minimum atomic E-state index is 0.177. The van der Waals surface area contributed by atoms with Gasteiger partial charge in [0.15, 0.2) is 5.78 Å². The van der Waals surface area contributed by atoms with Gasteiger partial charge in [0.05, 0.1) is 0 Å². The van der Waals surface area contributed by atoms with Crippen LogP contribution in [-0.4, -0.2) is 17.5 Å². The summed E-state index contributed by atoms with van der Waals surface area (Å²) in [6.45, 7) is 2.51. The summed E-state index contributed by atoms with van der Waals surface area (Å²) in [5.74, 6) is 0.368. The number of hydrogen-bond acceptors (Lipinski definition) is 2. The van der Waals surface area contributed by atoms with Crippen molar-refractivity contribution in [3.63, 3.8) is 0 Å². The zero-order chi connectivity index (χ0) is 16.0. The molecule has 1 rings (SSSR count). The lowest BCUT2D eigenvalue weighted by atomic mass is 9.98. The Bertz CT molecular complexity index is 391. The Morgan fingerprint density at radius 2 is 1.77 bits per heavy atom. The van der Waals surface area contributed by atoms with E-state index in [-0.39, 0.29) is 18.3 Å². The van der Waals surface area contributed by atoms with E-state index >= 15 is 0 Å². The first-order valence-corrected chi connectivity index (χ1v) is 8.99. The molecule has 0 amide bonds. The minimum Gasteiger partial charge on any atom is -0.396 e. The lowest BCUT2D eigenvalue weighted by Crippen LogP contribution is -2.00. The van der Waals surface area contributed by atoms with Crippen LogP contribution in [0.3, 0.4) is 0 Å². The Hall–Kier alpha value is -1.15. The van der Waals surface area contributed by atoms with E-state index in [0.717, 1.165) is 44.1 Å². The Morgan fingerprint density at radius 3 is 2.55 bits per heavy atom. The van der Waals surface area contributed by atoms with Crippen molar-refractivity contribution in [2.24, 2.45) is 5.92 Å². The molecule has 2 heteroatoms. The van der Waals surface area contributed by atoms with Gasteiger partial charge in [0.25, 0.3) is 0 Å². The van der Waals surface area contributed by atoms with Gasteiger partial charge in [-0.25, -0.2) is 0 Å². The molecule has 22 heavy (non-hydrogen) atoms. The minimum absolute atomic E-state index is 0.177. The van der Waals surface area contributed by atoms with Crippen LogP contribution in [-0.2, 0) is 4.79 Å². The molecule has 0 aromatic carbocycles. The molecule has 1 N–H and O–H groups in total. The summed E-state index contributed by atoms with van der Waals surface area (Å²) < 4.78 is 0. The van der Waals surface area contributed by atoms with Crippen molar-refractivity contribution in [1.29, 1.82) is 0 Å². The lowest BCUT2D eigenvalue weighted by molar-refractivity contribution is -0.111. The third-order valence-electron chi connectivity index (χ3n) is 4.14. The smallest absolute Gasteiger partial charge is 0.182 e. The van der Waals surface area contributed by atoms with Crippen molar-refractivity contribution >= 4 is 5.78 Å². The highest BCUT2D eigenvalue weighted by Crippen LogP contribution is 2.24. The number of unbranched alkanes of at least 4 members (excludes halogenated alkanes) is 8. The average molecular weight is 304 g/mol. The van der Waals surface area contributed by atoms with Gasteiger partial charge in [0.1, 0.15) is 0 Å². The van der Waals surface area contributed by atoms with Gasteiger partial charge in [-0.3, -0.25) is 4.79 Å². The first-order valence-electron chi connectivity index (χ1n) is 8.99. The fourth-order valence-electron chi connectivity index (χ4n) is 2.76. The fourth-order valence-corrected chi connectivity index (χ4v) is 2.76. The molecule has 0 saturated heterocycles. The van der Waals surface area contributed by atoms with Crippen molar-refractivity contribution in [3.8, 4) is 0 Å². The van der Waals surface area contributed by atoms with E-state index in [9.17, 15) is 4.79 Å². The van der Waals surface area contributed by atoms with Crippen molar-refractivity contribution in [2.45, 2.75) is 71.1 Å². The molecule has 1 aliphatic rings. The van der Waals surface area contributed by atoms with Crippen LogP contribution in [0.4, 0.5) is 0 Å². The van der Waals surface area contributed by atoms with Gasteiger partial charge in [-0.2, -0.15) is 0 Å². The number of hydrogen-bond donors (Lipinski definition) is 1. The van der Waals surface area contributed by atoms with Crippen molar-refractivity contribution < 1.29 is 9.90 Å². The van der Waals surface area contributed by atoms with E-state index in [1.165, 1.54) is 25.7 Å². The quantitative estimate of drug-likeness (QED) is 0.308. The van der Waals surface area contributed by atoms with Crippen molar-refractivity contribution in [1.82, 2.24) is 0 Å². The molecule has 0 bridgehead atoms. The molecule has 0 heterocycles. The number of carbonyl (C=O) groups excluding carboxylic acids is 1. The number of rotatable bonds is 12. The van der Waals surface area contributed by atoms with E-state index in [2.05, 4.69) is 25.2 Å². The van der Waals surface area contributed by atoms with Gasteiger partial charge >= 0.3 is 0 Å². The van der Waals surface area contributed by atoms with Crippen LogP contribution in [0, 0.1) is 5.92 Å². The van der Waals surface area contributed by atoms with Crippen LogP contribution in [0.25, 0.3) is 0 Å². The maximum atomic E-state index is 11.9. The first-order chi connectivity index (χ1) is 10.8. The van der Waals surface area contributed by atoms with Crippen LogP contribution in [0.5, 0.6) is 0 Å². The zero-order valence-electron chi connectivity index (χ0n) is 14.1. The molecule has 1 unspecified atom stereocenters. The number of carbonyl (C=O) groups is 1. The number of aliphatic hydroxyl groups excluding tert-OH is 1. The molecule has 1 atom stereocenters. The summed E-state index contributed by atoms with van der Waals surface area (Å²) in [5, 5.41) is 8.74. The summed E-state index contributed by atoms with van der Waals surface area (Å²) in [6.07, 6.45) is 21.7. The molecule has 124 valence electrons. The predicted molar refractivity (Wildman–Crippen MR) is 93.8 cm³/mol. The molecule has 0 spiro atoms. The first kappa shape index (κ1) is 18.9. The molecular formula is C20H32O2. The Labute approximate surface area is 136 Å². The van der Waals surface area contributed by atoms with E-state index in [1.54, 1.807) is 6.08 Å². The fraction of sp³-hybridized carbons (Fsp3) is 0.650. The number of aliphatic hydroxyl groups is 1. The van der Waals surface area contributed by atoms with E-state index in [4.69, 9.17) is 5.11 Å². The zero-order valence-corrected chi connectivity index (χ0v) is 14.1. The highest BCUT2D eigenvalue weighted by molar-refractivity contribution is 6.07. The van der Waals surface area contributed by atoms with Gasteiger partial charge in [-0.15, -0.1) is 0 Å². The van der Waals surface area contributed by atoms with Crippen LogP contribution >= 0.6 is 0 Å². The van der Waals surface area contributed by atoms with Crippen molar-refractivity contribution in [3.05, 3.63) is 36.0 Å². The van der Waals surface area contributed by atoms with Gasteiger partial charge < -0.3 is 5.11 Å². The second-order valence-corrected chi connectivity index (χ2v) is 6.11. The summed E-state index contributed by atoms with van der Waals surface area (Å²) in [5.41, 5.74) is 0.951. The van der Waals surface area contributed by atoms with E-state index in [1.807, 2.05) is 6.08 Å². The third kappa shape index (κ3) is 7.74. The number of ketones is 1. The standard InChI is InChI=1S/C20H32O2/c1-2-3-4-5-7-10-13-18-15-16-20(22)19(18)14-11-8-6-9-12-17-21/h10,13-16,18,21H,2-9,11-12,17H2,1H3/b13-10+,19-14-. The Balaban J connectivity index is 2.30. The predicted octanol–water partition coefficient (Wildman–Crippen LogP) is 5.14. The summed E-state index contributed by atoms with van der Waals surface area (Å²) in [7, 11) is 0. The van der Waals surface area contributed by atoms with Crippen LogP contribution in [0.15, 0.2) is 36.0 Å². The Kier molecular flexibility index (Phi) is 10.7. The maximum absolute atomic E-state index is 11.9. The molecule has 0 radical (unpaired) electrons. The topological polar surface area (TPSA) is 37.3 Å². The largest absolute Gasteiger partial charge is 0.396 e. The van der Waals surface area contributed by atoms with Crippen LogP contribution < -0.4 is 0 Å². The summed E-state index contributed by atoms with van der Waals surface area (Å²) in [4.78, 5) is 11.9. The molecule has 0 aromatic rings. The number of allylic oxidation sites excluding steroid dienone is 6. The second kappa shape index (κ2) is 12.4. The molecular weight excluding hydrogens is 272 g/mol. The lowest BCUT2D eigenvalue weighted by Gasteiger charge is -2.05. The highest BCUT2D eigenvalue weighted by atomic mass is 16.2. The SMILES string of the molecule is CCCCCC/C=C/C1C=CC(=O)/C1=C\CCCCCCO. The summed E-state index contributed by atoms with van der Waals surface area (Å²) in [6, 6.07) is 0. The Morgan fingerprint density at radius 1 is 1.05 bits per heavy atom. The summed E-state index contributed by atoms with van der Waals surface area (Å²) >= 11 is 0. The molecule has 2 nitrogen and oxygen atoms in total. The molecule has 0 fully saturated rings. The highest BCUT2D eigenvalue weighted by Gasteiger charge is 2.19. The van der Waals surface area contributed by atoms with Gasteiger partial charge in [-0.1, -0.05) is 63.3 Å². The normalized spacial score (nSPS) is 19.8. The monoisotopic (exact) mass is 304 g/mol. The van der Waals surface area contributed by atoms with Gasteiger partial charge in [0.2, 0.25) is 0 Å². The van der Waals surface area contributed by atoms with Crippen LogP contribution in [0.2, 0.25) is 0 Å². The maximum Gasteiger partial charge on any atom is 0.182 e. The van der Waals surface area contributed by atoms with Gasteiger partial charge in [-0.05, 0) is 38.2 Å². The van der Waals surface area contributed by atoms with Gasteiger partial charge in [0, 0.05) is 18.1 Å². The van der Waals surface area contributed by atoms with E-state index in [0.29, 0.717) is 0 Å². The molecule has 0 aliphatic heterocycles. The third-order valence-corrected chi connectivity index (χ3v) is 4.14. The molecule has 1 aliphatic carbocycles. The molecule has 0 saturated carbocycles. The van der Waals surface area contributed by atoms with E-state index < -0.39 is 0 Å². The van der Waals surface area contributed by atoms with Crippen molar-refractivity contribution in [2.75, 3.05) is 6.61 Å². The average Bonchev–Trinajstić information content (AvgIpc) is 2.87.